The van der Waals surface area contributed by atoms with Crippen molar-refractivity contribution in [2.45, 2.75) is 52.7 Å². The molecule has 0 aliphatic carbocycles. The van der Waals surface area contributed by atoms with Gasteiger partial charge in [-0.15, -0.1) is 0 Å². The molecule has 142 valence electrons. The van der Waals surface area contributed by atoms with E-state index in [4.69, 9.17) is 14.8 Å². The molecule has 1 saturated heterocycles. The van der Waals surface area contributed by atoms with Gasteiger partial charge in [0.2, 0.25) is 0 Å². The van der Waals surface area contributed by atoms with Crippen molar-refractivity contribution in [3.05, 3.63) is 53.1 Å². The van der Waals surface area contributed by atoms with Crippen LogP contribution in [-0.2, 0) is 17.8 Å². The van der Waals surface area contributed by atoms with Crippen molar-refractivity contribution >= 4 is 11.5 Å². The van der Waals surface area contributed by atoms with Crippen LogP contribution in [-0.4, -0.2) is 38.8 Å². The first kappa shape index (κ1) is 17.9. The van der Waals surface area contributed by atoms with E-state index in [-0.39, 0.29) is 6.10 Å². The fourth-order valence-electron chi connectivity index (χ4n) is 3.65. The maximum atomic E-state index is 6.19. The van der Waals surface area contributed by atoms with E-state index < -0.39 is 0 Å². The molecule has 0 aromatic carbocycles. The van der Waals surface area contributed by atoms with E-state index in [2.05, 4.69) is 42.8 Å². The van der Waals surface area contributed by atoms with Crippen LogP contribution in [0.25, 0.3) is 5.65 Å². The third-order valence-corrected chi connectivity index (χ3v) is 5.36. The van der Waals surface area contributed by atoms with E-state index in [1.165, 1.54) is 0 Å². The molecule has 4 heterocycles. The van der Waals surface area contributed by atoms with Crippen LogP contribution < -0.4 is 4.90 Å². The van der Waals surface area contributed by atoms with Gasteiger partial charge in [0.05, 0.1) is 18.4 Å². The summed E-state index contributed by atoms with van der Waals surface area (Å²) in [4.78, 5) is 11.4. The summed E-state index contributed by atoms with van der Waals surface area (Å²) < 4.78 is 8.20. The Labute approximate surface area is 160 Å². The molecule has 0 spiro atoms. The summed E-state index contributed by atoms with van der Waals surface area (Å²) in [6, 6.07) is 6.19. The first-order valence-electron chi connectivity index (χ1n) is 9.77. The second kappa shape index (κ2) is 7.64. The molecule has 27 heavy (non-hydrogen) atoms. The quantitative estimate of drug-likeness (QED) is 0.693. The highest BCUT2D eigenvalue weighted by Crippen LogP contribution is 2.25. The first-order chi connectivity index (χ1) is 13.2. The topological polar surface area (TPSA) is 55.5 Å². The number of fused-ring (bicyclic) bond motifs is 1. The third kappa shape index (κ3) is 3.67. The van der Waals surface area contributed by atoms with Gasteiger partial charge in [-0.05, 0) is 44.7 Å². The first-order valence-corrected chi connectivity index (χ1v) is 9.77. The van der Waals surface area contributed by atoms with Crippen molar-refractivity contribution in [1.82, 2.24) is 19.6 Å². The van der Waals surface area contributed by atoms with Gasteiger partial charge in [-0.1, -0.05) is 13.0 Å². The summed E-state index contributed by atoms with van der Waals surface area (Å²) in [7, 11) is 0. The minimum atomic E-state index is 0.213. The molecule has 0 bridgehead atoms. The molecule has 0 amide bonds. The molecule has 1 fully saturated rings. The predicted molar refractivity (Wildman–Crippen MR) is 106 cm³/mol. The molecule has 0 radical (unpaired) electrons. The summed E-state index contributed by atoms with van der Waals surface area (Å²) in [6.07, 6.45) is 6.99. The largest absolute Gasteiger partial charge is 0.372 e. The monoisotopic (exact) mass is 365 g/mol. The number of hydrogen-bond donors (Lipinski definition) is 0. The molecule has 0 unspecified atom stereocenters. The fraction of sp³-hybridized carbons (Fsp3) is 0.476. The van der Waals surface area contributed by atoms with Crippen LogP contribution in [0, 0.1) is 13.8 Å². The molecule has 1 aliphatic rings. The fourth-order valence-corrected chi connectivity index (χ4v) is 3.65. The lowest BCUT2D eigenvalue weighted by Crippen LogP contribution is -2.40. The van der Waals surface area contributed by atoms with Crippen molar-refractivity contribution < 1.29 is 4.74 Å². The molecule has 0 saturated carbocycles. The Kier molecular flexibility index (Phi) is 5.07. The van der Waals surface area contributed by atoms with Crippen LogP contribution in [0.1, 0.15) is 42.3 Å². The number of anilines is 1. The van der Waals surface area contributed by atoms with Gasteiger partial charge in [0, 0.05) is 42.8 Å². The highest BCUT2D eigenvalue weighted by atomic mass is 16.5. The molecule has 3 aromatic heterocycles. The molecule has 0 N–H and O–H groups in total. The van der Waals surface area contributed by atoms with Gasteiger partial charge in [0.25, 0.3) is 0 Å². The SMILES string of the molecule is CCc1cc(N2CCC[C@@H](OCc3cccnc3)C2)n2nc(C)c(C)c2n1. The molecule has 6 nitrogen and oxygen atoms in total. The summed E-state index contributed by atoms with van der Waals surface area (Å²) in [6.45, 7) is 8.81. The lowest BCUT2D eigenvalue weighted by atomic mass is 10.1. The number of aromatic nitrogens is 4. The molecular formula is C21H27N5O. The number of ether oxygens (including phenoxy) is 1. The Morgan fingerprint density at radius 2 is 2.19 bits per heavy atom. The molecule has 3 aromatic rings. The standard InChI is InChI=1S/C21H27N5O/c1-4-18-11-20(26-21(23-18)15(2)16(3)24-26)25-10-6-8-19(13-25)27-14-17-7-5-9-22-12-17/h5,7,9,11-12,19H,4,6,8,10,13-14H2,1-3H3/t19-/m1/s1. The molecule has 4 rings (SSSR count). The highest BCUT2D eigenvalue weighted by Gasteiger charge is 2.24. The second-order valence-electron chi connectivity index (χ2n) is 7.29. The number of rotatable bonds is 5. The van der Waals surface area contributed by atoms with Crippen LogP contribution in [0.3, 0.4) is 0 Å². The van der Waals surface area contributed by atoms with Crippen LogP contribution in [0.5, 0.6) is 0 Å². The van der Waals surface area contributed by atoms with Crippen LogP contribution in [0.15, 0.2) is 30.6 Å². The van der Waals surface area contributed by atoms with Crippen molar-refractivity contribution in [2.24, 2.45) is 0 Å². The zero-order valence-electron chi connectivity index (χ0n) is 16.4. The number of hydrogen-bond acceptors (Lipinski definition) is 5. The van der Waals surface area contributed by atoms with E-state index in [1.807, 2.05) is 16.8 Å². The zero-order chi connectivity index (χ0) is 18.8. The van der Waals surface area contributed by atoms with Gasteiger partial charge in [0.15, 0.2) is 5.65 Å². The summed E-state index contributed by atoms with van der Waals surface area (Å²) in [5.74, 6) is 1.13. The average molecular weight is 365 g/mol. The minimum Gasteiger partial charge on any atom is -0.372 e. The zero-order valence-corrected chi connectivity index (χ0v) is 16.4. The van der Waals surface area contributed by atoms with Gasteiger partial charge < -0.3 is 9.64 Å². The van der Waals surface area contributed by atoms with Crippen LogP contribution >= 0.6 is 0 Å². The summed E-state index contributed by atoms with van der Waals surface area (Å²) in [5, 5.41) is 4.75. The smallest absolute Gasteiger partial charge is 0.160 e. The highest BCUT2D eigenvalue weighted by molar-refractivity contribution is 5.57. The normalized spacial score (nSPS) is 17.6. The van der Waals surface area contributed by atoms with E-state index >= 15 is 0 Å². The predicted octanol–water partition coefficient (Wildman–Crippen LogP) is 3.49. The summed E-state index contributed by atoms with van der Waals surface area (Å²) in [5.41, 5.74) is 5.40. The van der Waals surface area contributed by atoms with Gasteiger partial charge >= 0.3 is 0 Å². The van der Waals surface area contributed by atoms with Gasteiger partial charge in [-0.25, -0.2) is 4.98 Å². The Morgan fingerprint density at radius 1 is 1.30 bits per heavy atom. The van der Waals surface area contributed by atoms with E-state index in [0.29, 0.717) is 6.61 Å². The molecule has 6 heteroatoms. The number of nitrogens with zero attached hydrogens (tertiary/aromatic N) is 5. The molecular weight excluding hydrogens is 338 g/mol. The van der Waals surface area contributed by atoms with Crippen LogP contribution in [0.4, 0.5) is 5.82 Å². The van der Waals surface area contributed by atoms with Gasteiger partial charge in [-0.3, -0.25) is 4.98 Å². The Hall–Kier alpha value is -2.47. The lowest BCUT2D eigenvalue weighted by Gasteiger charge is -2.34. The van der Waals surface area contributed by atoms with E-state index in [1.54, 1.807) is 6.20 Å². The number of aryl methyl sites for hydroxylation is 3. The molecule has 1 aliphatic heterocycles. The maximum Gasteiger partial charge on any atom is 0.160 e. The maximum absolute atomic E-state index is 6.19. The summed E-state index contributed by atoms with van der Waals surface area (Å²) >= 11 is 0. The third-order valence-electron chi connectivity index (χ3n) is 5.36. The van der Waals surface area contributed by atoms with E-state index in [9.17, 15) is 0 Å². The van der Waals surface area contributed by atoms with Crippen molar-refractivity contribution in [3.63, 3.8) is 0 Å². The number of pyridine rings is 1. The van der Waals surface area contributed by atoms with Crippen molar-refractivity contribution in [1.29, 1.82) is 0 Å². The Morgan fingerprint density at radius 3 is 2.96 bits per heavy atom. The van der Waals surface area contributed by atoms with Crippen molar-refractivity contribution in [3.8, 4) is 0 Å². The Balaban J connectivity index is 1.56. The number of piperidine rings is 1. The Bertz CT molecular complexity index is 921. The molecule has 1 atom stereocenters. The second-order valence-corrected chi connectivity index (χ2v) is 7.29. The van der Waals surface area contributed by atoms with Gasteiger partial charge in [-0.2, -0.15) is 9.61 Å². The minimum absolute atomic E-state index is 0.213. The van der Waals surface area contributed by atoms with E-state index in [0.717, 1.165) is 66.3 Å². The average Bonchev–Trinajstić information content (AvgIpc) is 3.00. The van der Waals surface area contributed by atoms with Gasteiger partial charge in [0.1, 0.15) is 5.82 Å². The van der Waals surface area contributed by atoms with Crippen LogP contribution in [0.2, 0.25) is 0 Å². The lowest BCUT2D eigenvalue weighted by molar-refractivity contribution is 0.0312. The van der Waals surface area contributed by atoms with Crippen molar-refractivity contribution in [2.75, 3.05) is 18.0 Å².